The van der Waals surface area contributed by atoms with E-state index in [1.165, 1.54) is 0 Å². The highest BCUT2D eigenvalue weighted by atomic mass is 16.2. The first kappa shape index (κ1) is 24.2. The molecule has 0 saturated heterocycles. The minimum atomic E-state index is -0.623. The van der Waals surface area contributed by atoms with Gasteiger partial charge in [-0.3, -0.25) is 9.59 Å². The summed E-state index contributed by atoms with van der Waals surface area (Å²) in [5, 5.41) is 5.93. The summed E-state index contributed by atoms with van der Waals surface area (Å²) in [6, 6.07) is 14.6. The maximum Gasteiger partial charge on any atom is 0.252 e. The van der Waals surface area contributed by atoms with Crippen LogP contribution in [0.3, 0.4) is 0 Å². The van der Waals surface area contributed by atoms with Crippen LogP contribution in [0.4, 0.5) is 5.69 Å². The Balaban J connectivity index is 1.72. The highest BCUT2D eigenvalue weighted by Crippen LogP contribution is 2.18. The molecule has 6 nitrogen and oxygen atoms in total. The van der Waals surface area contributed by atoms with Crippen LogP contribution < -0.4 is 10.6 Å². The number of carbonyl (C=O) groups excluding carboxylic acids is 2. The van der Waals surface area contributed by atoms with Crippen molar-refractivity contribution in [1.29, 1.82) is 0 Å². The fraction of sp³-hybridized carbons (Fsp3) is 0.370. The molecule has 0 spiro atoms. The first-order valence-corrected chi connectivity index (χ1v) is 11.5. The van der Waals surface area contributed by atoms with Crippen molar-refractivity contribution < 1.29 is 9.59 Å². The smallest absolute Gasteiger partial charge is 0.252 e. The first-order valence-electron chi connectivity index (χ1n) is 11.5. The number of amides is 2. The maximum atomic E-state index is 13.1. The van der Waals surface area contributed by atoms with Gasteiger partial charge in [-0.2, -0.15) is 0 Å². The fourth-order valence-electron chi connectivity index (χ4n) is 3.90. The minimum Gasteiger partial charge on any atom is -0.340 e. The lowest BCUT2D eigenvalue weighted by molar-refractivity contribution is -0.118. The zero-order chi connectivity index (χ0) is 24.0. The third-order valence-corrected chi connectivity index (χ3v) is 5.53. The van der Waals surface area contributed by atoms with Crippen LogP contribution in [-0.4, -0.2) is 27.4 Å². The molecule has 6 heteroatoms. The van der Waals surface area contributed by atoms with Gasteiger partial charge >= 0.3 is 0 Å². The van der Waals surface area contributed by atoms with Gasteiger partial charge in [0.25, 0.3) is 5.91 Å². The Kier molecular flexibility index (Phi) is 8.04. The second kappa shape index (κ2) is 10.9. The Hall–Kier alpha value is -3.41. The average molecular weight is 447 g/mol. The van der Waals surface area contributed by atoms with Gasteiger partial charge in [0.05, 0.1) is 0 Å². The van der Waals surface area contributed by atoms with E-state index in [4.69, 9.17) is 0 Å². The molecular weight excluding hydrogens is 412 g/mol. The molecule has 1 atom stereocenters. The van der Waals surface area contributed by atoms with Crippen molar-refractivity contribution >= 4 is 17.5 Å². The van der Waals surface area contributed by atoms with Crippen molar-refractivity contribution in [3.63, 3.8) is 0 Å². The van der Waals surface area contributed by atoms with Crippen LogP contribution in [0.25, 0.3) is 0 Å². The van der Waals surface area contributed by atoms with E-state index < -0.39 is 6.04 Å². The molecular formula is C27H34N4O2. The van der Waals surface area contributed by atoms with Gasteiger partial charge in [0, 0.05) is 36.1 Å². The standard InChI is InChI=1S/C27H34N4O2/c1-18(2)15-24(30-26(32)23-12-7-6-9-20(23)5)27(33)29-22-11-8-10-21(16-22)17-31-14-13-28-25(31)19(3)4/h6-14,16,18-19,24H,15,17H2,1-5H3,(H,29,33)(H,30,32). The van der Waals surface area contributed by atoms with Crippen LogP contribution in [0.1, 0.15) is 67.3 Å². The van der Waals surface area contributed by atoms with Crippen LogP contribution in [-0.2, 0) is 11.3 Å². The van der Waals surface area contributed by atoms with Crippen molar-refractivity contribution in [3.8, 4) is 0 Å². The lowest BCUT2D eigenvalue weighted by Gasteiger charge is -2.21. The van der Waals surface area contributed by atoms with Crippen LogP contribution in [0, 0.1) is 12.8 Å². The number of nitrogens with one attached hydrogen (secondary N) is 2. The van der Waals surface area contributed by atoms with E-state index in [-0.39, 0.29) is 17.7 Å². The highest BCUT2D eigenvalue weighted by Gasteiger charge is 2.23. The van der Waals surface area contributed by atoms with Gasteiger partial charge in [0.2, 0.25) is 5.91 Å². The molecule has 0 aliphatic carbocycles. The lowest BCUT2D eigenvalue weighted by atomic mass is 10.0. The Morgan fingerprint density at radius 1 is 1.03 bits per heavy atom. The molecule has 0 radical (unpaired) electrons. The van der Waals surface area contributed by atoms with E-state index >= 15 is 0 Å². The summed E-state index contributed by atoms with van der Waals surface area (Å²) in [4.78, 5) is 30.4. The van der Waals surface area contributed by atoms with Crippen molar-refractivity contribution in [3.05, 3.63) is 83.4 Å². The van der Waals surface area contributed by atoms with Crippen molar-refractivity contribution in [2.45, 2.75) is 59.5 Å². The molecule has 0 aliphatic heterocycles. The van der Waals surface area contributed by atoms with E-state index in [9.17, 15) is 9.59 Å². The molecule has 33 heavy (non-hydrogen) atoms. The van der Waals surface area contributed by atoms with Crippen molar-refractivity contribution in [1.82, 2.24) is 14.9 Å². The summed E-state index contributed by atoms with van der Waals surface area (Å²) in [5.41, 5.74) is 3.24. The van der Waals surface area contributed by atoms with Crippen molar-refractivity contribution in [2.75, 3.05) is 5.32 Å². The number of rotatable bonds is 9. The van der Waals surface area contributed by atoms with Gasteiger partial charge in [-0.05, 0) is 48.6 Å². The van der Waals surface area contributed by atoms with Crippen LogP contribution in [0.2, 0.25) is 0 Å². The van der Waals surface area contributed by atoms with Crippen molar-refractivity contribution in [2.24, 2.45) is 5.92 Å². The second-order valence-electron chi connectivity index (χ2n) is 9.23. The first-order chi connectivity index (χ1) is 15.7. The number of benzene rings is 2. The van der Waals surface area contributed by atoms with Crippen LogP contribution in [0.5, 0.6) is 0 Å². The molecule has 0 aliphatic rings. The molecule has 0 bridgehead atoms. The number of hydrogen-bond acceptors (Lipinski definition) is 3. The lowest BCUT2D eigenvalue weighted by Crippen LogP contribution is -2.44. The Labute approximate surface area is 196 Å². The Bertz CT molecular complexity index is 1100. The molecule has 1 aromatic heterocycles. The molecule has 174 valence electrons. The number of aromatic nitrogens is 2. The summed E-state index contributed by atoms with van der Waals surface area (Å²) < 4.78 is 2.12. The molecule has 2 amide bonds. The monoisotopic (exact) mass is 446 g/mol. The van der Waals surface area contributed by atoms with E-state index in [0.29, 0.717) is 30.1 Å². The van der Waals surface area contributed by atoms with Crippen LogP contribution in [0.15, 0.2) is 60.9 Å². The average Bonchev–Trinajstić information content (AvgIpc) is 3.22. The van der Waals surface area contributed by atoms with Gasteiger partial charge in [-0.1, -0.05) is 58.0 Å². The number of carbonyl (C=O) groups is 2. The summed E-state index contributed by atoms with van der Waals surface area (Å²) in [5.74, 6) is 1.16. The Morgan fingerprint density at radius 2 is 1.79 bits per heavy atom. The maximum absolute atomic E-state index is 13.1. The molecule has 0 fully saturated rings. The number of imidazole rings is 1. The third-order valence-electron chi connectivity index (χ3n) is 5.53. The molecule has 2 N–H and O–H groups in total. The predicted octanol–water partition coefficient (Wildman–Crippen LogP) is 5.15. The van der Waals surface area contributed by atoms with E-state index in [2.05, 4.69) is 34.0 Å². The summed E-state index contributed by atoms with van der Waals surface area (Å²) in [7, 11) is 0. The number of hydrogen-bond donors (Lipinski definition) is 2. The van der Waals surface area contributed by atoms with Gasteiger partial charge in [0.15, 0.2) is 0 Å². The van der Waals surface area contributed by atoms with Gasteiger partial charge in [-0.15, -0.1) is 0 Å². The molecule has 3 aromatic rings. The minimum absolute atomic E-state index is 0.215. The number of nitrogens with zero attached hydrogens (tertiary/aromatic N) is 2. The van der Waals surface area contributed by atoms with Gasteiger partial charge in [0.1, 0.15) is 11.9 Å². The zero-order valence-corrected chi connectivity index (χ0v) is 20.1. The van der Waals surface area contributed by atoms with Crippen LogP contribution >= 0.6 is 0 Å². The molecule has 2 aromatic carbocycles. The number of anilines is 1. The second-order valence-corrected chi connectivity index (χ2v) is 9.23. The molecule has 1 heterocycles. The third kappa shape index (κ3) is 6.54. The molecule has 3 rings (SSSR count). The van der Waals surface area contributed by atoms with Gasteiger partial charge < -0.3 is 15.2 Å². The summed E-state index contributed by atoms with van der Waals surface area (Å²) >= 11 is 0. The van der Waals surface area contributed by atoms with E-state index in [1.807, 2.05) is 75.6 Å². The summed E-state index contributed by atoms with van der Waals surface area (Å²) in [6.07, 6.45) is 4.34. The van der Waals surface area contributed by atoms with E-state index in [0.717, 1.165) is 17.0 Å². The quantitative estimate of drug-likeness (QED) is 0.477. The number of aryl methyl sites for hydroxylation is 1. The Morgan fingerprint density at radius 3 is 2.48 bits per heavy atom. The zero-order valence-electron chi connectivity index (χ0n) is 20.1. The predicted molar refractivity (Wildman–Crippen MR) is 132 cm³/mol. The normalized spacial score (nSPS) is 12.1. The SMILES string of the molecule is Cc1ccccc1C(=O)NC(CC(C)C)C(=O)Nc1cccc(Cn2ccnc2C(C)C)c1. The topological polar surface area (TPSA) is 76.0 Å². The van der Waals surface area contributed by atoms with E-state index in [1.54, 1.807) is 6.07 Å². The molecule has 1 unspecified atom stereocenters. The summed E-state index contributed by atoms with van der Waals surface area (Å²) in [6.45, 7) is 10.9. The molecule has 0 saturated carbocycles. The van der Waals surface area contributed by atoms with Gasteiger partial charge in [-0.25, -0.2) is 4.98 Å². The largest absolute Gasteiger partial charge is 0.340 e. The highest BCUT2D eigenvalue weighted by molar-refractivity contribution is 6.01. The fourth-order valence-corrected chi connectivity index (χ4v) is 3.90.